The van der Waals surface area contributed by atoms with E-state index in [-0.39, 0.29) is 19.0 Å². The van der Waals surface area contributed by atoms with Crippen molar-refractivity contribution in [3.8, 4) is 0 Å². The Kier molecular flexibility index (Phi) is 7.24. The molecule has 0 fully saturated rings. The van der Waals surface area contributed by atoms with Crippen molar-refractivity contribution in [2.45, 2.75) is 32.6 Å². The molecule has 0 saturated heterocycles. The zero-order valence-corrected chi connectivity index (χ0v) is 12.1. The van der Waals surface area contributed by atoms with E-state index in [1.165, 1.54) is 9.36 Å². The molecule has 2 rings (SSSR count). The summed E-state index contributed by atoms with van der Waals surface area (Å²) in [5.41, 5.74) is 1.78. The second kappa shape index (κ2) is 8.68. The first-order valence-electron chi connectivity index (χ1n) is 6.25. The van der Waals surface area contributed by atoms with Gasteiger partial charge in [0.05, 0.1) is 18.9 Å². The molecule has 9 heteroatoms. The highest BCUT2D eigenvalue weighted by Gasteiger charge is 2.05. The van der Waals surface area contributed by atoms with Crippen molar-refractivity contribution in [3.05, 3.63) is 35.9 Å². The summed E-state index contributed by atoms with van der Waals surface area (Å²) in [6, 6.07) is 0. The Labute approximate surface area is 126 Å². The van der Waals surface area contributed by atoms with Gasteiger partial charge in [-0.1, -0.05) is 0 Å². The van der Waals surface area contributed by atoms with Crippen LogP contribution in [0.3, 0.4) is 0 Å². The lowest BCUT2D eigenvalue weighted by molar-refractivity contribution is 0.122. The molecule has 0 spiro atoms. The molecule has 0 aliphatic carbocycles. The summed E-state index contributed by atoms with van der Waals surface area (Å²) in [5.74, 6) is 0. The Morgan fingerprint density at radius 2 is 1.62 bits per heavy atom. The van der Waals surface area contributed by atoms with Crippen LogP contribution in [0.15, 0.2) is 24.8 Å². The van der Waals surface area contributed by atoms with Gasteiger partial charge < -0.3 is 5.32 Å². The van der Waals surface area contributed by atoms with E-state index >= 15 is 0 Å². The summed E-state index contributed by atoms with van der Waals surface area (Å²) in [6.45, 7) is 0.512. The SMILES string of the molecule is Cl.FCCn1cc(CNCc2cnn(CC(F)F)c2)cn1. The fraction of sp³-hybridized carbons (Fsp3) is 0.500. The molecule has 0 aliphatic rings. The van der Waals surface area contributed by atoms with Crippen molar-refractivity contribution < 1.29 is 13.2 Å². The molecule has 21 heavy (non-hydrogen) atoms. The summed E-state index contributed by atoms with van der Waals surface area (Å²) in [6.07, 6.45) is 4.18. The van der Waals surface area contributed by atoms with Gasteiger partial charge in [0, 0.05) is 36.6 Å². The molecule has 2 aromatic rings. The van der Waals surface area contributed by atoms with Gasteiger partial charge in [-0.3, -0.25) is 9.36 Å². The van der Waals surface area contributed by atoms with Crippen LogP contribution < -0.4 is 5.32 Å². The fourth-order valence-corrected chi connectivity index (χ4v) is 1.80. The van der Waals surface area contributed by atoms with Crippen LogP contribution in [0.4, 0.5) is 13.2 Å². The second-order valence-electron chi connectivity index (χ2n) is 4.37. The smallest absolute Gasteiger partial charge is 0.257 e. The zero-order chi connectivity index (χ0) is 14.4. The molecule has 2 aromatic heterocycles. The van der Waals surface area contributed by atoms with Gasteiger partial charge >= 0.3 is 0 Å². The Balaban J connectivity index is 0.00000220. The number of nitrogens with zero attached hydrogens (tertiary/aromatic N) is 4. The topological polar surface area (TPSA) is 47.7 Å². The number of rotatable bonds is 8. The third-order valence-corrected chi connectivity index (χ3v) is 2.67. The summed E-state index contributed by atoms with van der Waals surface area (Å²) >= 11 is 0. The molecule has 1 N–H and O–H groups in total. The van der Waals surface area contributed by atoms with Crippen molar-refractivity contribution in [3.63, 3.8) is 0 Å². The van der Waals surface area contributed by atoms with E-state index in [0.29, 0.717) is 13.1 Å². The van der Waals surface area contributed by atoms with Crippen LogP contribution in [0.1, 0.15) is 11.1 Å². The lowest BCUT2D eigenvalue weighted by atomic mass is 10.3. The number of aromatic nitrogens is 4. The largest absolute Gasteiger partial charge is 0.308 e. The molecule has 0 saturated carbocycles. The van der Waals surface area contributed by atoms with Gasteiger partial charge in [-0.15, -0.1) is 12.4 Å². The average Bonchev–Trinajstić information content (AvgIpc) is 2.99. The number of nitrogens with one attached hydrogen (secondary N) is 1. The number of halogens is 4. The molecule has 118 valence electrons. The number of alkyl halides is 3. The van der Waals surface area contributed by atoms with Gasteiger partial charge in [0.2, 0.25) is 0 Å². The molecular formula is C12H17ClF3N5. The van der Waals surface area contributed by atoms with Crippen LogP contribution in [-0.4, -0.2) is 32.7 Å². The van der Waals surface area contributed by atoms with Crippen molar-refractivity contribution in [2.24, 2.45) is 0 Å². The van der Waals surface area contributed by atoms with Gasteiger partial charge in [-0.05, 0) is 0 Å². The van der Waals surface area contributed by atoms with Crippen LogP contribution >= 0.6 is 12.4 Å². The summed E-state index contributed by atoms with van der Waals surface area (Å²) in [7, 11) is 0. The summed E-state index contributed by atoms with van der Waals surface area (Å²) < 4.78 is 39.2. The first-order valence-corrected chi connectivity index (χ1v) is 6.25. The Bertz CT molecular complexity index is 528. The Morgan fingerprint density at radius 1 is 1.05 bits per heavy atom. The van der Waals surface area contributed by atoms with Crippen LogP contribution in [0.25, 0.3) is 0 Å². The highest BCUT2D eigenvalue weighted by atomic mass is 35.5. The third kappa shape index (κ3) is 5.76. The Hall–Kier alpha value is -1.54. The van der Waals surface area contributed by atoms with Crippen molar-refractivity contribution in [1.82, 2.24) is 24.9 Å². The monoisotopic (exact) mass is 323 g/mol. The predicted octanol–water partition coefficient (Wildman–Crippen LogP) is 2.03. The van der Waals surface area contributed by atoms with E-state index in [2.05, 4.69) is 15.5 Å². The first-order chi connectivity index (χ1) is 9.67. The van der Waals surface area contributed by atoms with Gasteiger partial charge in [-0.2, -0.15) is 10.2 Å². The highest BCUT2D eigenvalue weighted by molar-refractivity contribution is 5.85. The summed E-state index contributed by atoms with van der Waals surface area (Å²) in [4.78, 5) is 0. The van der Waals surface area contributed by atoms with Crippen molar-refractivity contribution in [1.29, 1.82) is 0 Å². The van der Waals surface area contributed by atoms with Gasteiger partial charge in [0.1, 0.15) is 13.2 Å². The minimum Gasteiger partial charge on any atom is -0.308 e. The maximum absolute atomic E-state index is 12.2. The maximum atomic E-state index is 12.2. The maximum Gasteiger partial charge on any atom is 0.257 e. The predicted molar refractivity (Wildman–Crippen MR) is 74.2 cm³/mol. The minimum atomic E-state index is -2.41. The van der Waals surface area contributed by atoms with Crippen molar-refractivity contribution in [2.75, 3.05) is 6.67 Å². The second-order valence-corrected chi connectivity index (χ2v) is 4.37. The van der Waals surface area contributed by atoms with Gasteiger partial charge in [-0.25, -0.2) is 13.2 Å². The number of hydrogen-bond acceptors (Lipinski definition) is 3. The molecular weight excluding hydrogens is 307 g/mol. The first kappa shape index (κ1) is 17.5. The quantitative estimate of drug-likeness (QED) is 0.808. The van der Waals surface area contributed by atoms with Crippen LogP contribution in [0, 0.1) is 0 Å². The van der Waals surface area contributed by atoms with E-state index in [9.17, 15) is 13.2 Å². The molecule has 2 heterocycles. The zero-order valence-electron chi connectivity index (χ0n) is 11.3. The molecule has 0 atom stereocenters. The molecule has 0 bridgehead atoms. The molecule has 0 aliphatic heterocycles. The average molecular weight is 324 g/mol. The van der Waals surface area contributed by atoms with Crippen LogP contribution in [-0.2, 0) is 26.2 Å². The number of hydrogen-bond donors (Lipinski definition) is 1. The van der Waals surface area contributed by atoms with E-state index in [0.717, 1.165) is 11.1 Å². The van der Waals surface area contributed by atoms with E-state index in [4.69, 9.17) is 0 Å². The summed E-state index contributed by atoms with van der Waals surface area (Å²) in [5, 5.41) is 11.0. The van der Waals surface area contributed by atoms with E-state index in [1.807, 2.05) is 0 Å². The normalized spacial score (nSPS) is 10.9. The van der Waals surface area contributed by atoms with Crippen LogP contribution in [0.5, 0.6) is 0 Å². The minimum absolute atomic E-state index is 0. The highest BCUT2D eigenvalue weighted by Crippen LogP contribution is 2.03. The molecule has 0 unspecified atom stereocenters. The molecule has 5 nitrogen and oxygen atoms in total. The third-order valence-electron chi connectivity index (χ3n) is 2.67. The lowest BCUT2D eigenvalue weighted by Gasteiger charge is -2.01. The molecule has 0 amide bonds. The fourth-order valence-electron chi connectivity index (χ4n) is 1.80. The van der Waals surface area contributed by atoms with E-state index < -0.39 is 19.6 Å². The standard InChI is InChI=1S/C12H16F3N5.ClH/c13-1-2-19-7-10(5-17-19)3-16-4-11-6-18-20(8-11)9-12(14)15;/h5-8,12,16H,1-4,9H2;1H. The Morgan fingerprint density at radius 3 is 2.19 bits per heavy atom. The lowest BCUT2D eigenvalue weighted by Crippen LogP contribution is -2.12. The number of aryl methyl sites for hydroxylation is 1. The van der Waals surface area contributed by atoms with Gasteiger partial charge in [0.15, 0.2) is 0 Å². The van der Waals surface area contributed by atoms with Crippen LogP contribution in [0.2, 0.25) is 0 Å². The van der Waals surface area contributed by atoms with E-state index in [1.54, 1.807) is 24.8 Å². The molecule has 0 aromatic carbocycles. The van der Waals surface area contributed by atoms with Crippen molar-refractivity contribution >= 4 is 12.4 Å². The van der Waals surface area contributed by atoms with Gasteiger partial charge in [0.25, 0.3) is 6.43 Å². The molecule has 0 radical (unpaired) electrons.